The Morgan fingerprint density at radius 1 is 1.40 bits per heavy atom. The summed E-state index contributed by atoms with van der Waals surface area (Å²) in [5, 5.41) is 0. The summed E-state index contributed by atoms with van der Waals surface area (Å²) in [5.41, 5.74) is 6.00. The van der Waals surface area contributed by atoms with Crippen molar-refractivity contribution in [2.75, 3.05) is 30.0 Å². The zero-order chi connectivity index (χ0) is 18.2. The number of primary amides is 1. The molecule has 1 aromatic rings. The van der Waals surface area contributed by atoms with E-state index in [2.05, 4.69) is 4.36 Å². The van der Waals surface area contributed by atoms with Gasteiger partial charge in [0.15, 0.2) is 6.10 Å². The molecule has 0 aromatic heterocycles. The molecule has 0 aliphatic carbocycles. The molecule has 1 atom stereocenters. The van der Waals surface area contributed by atoms with Crippen molar-refractivity contribution in [3.63, 3.8) is 0 Å². The van der Waals surface area contributed by atoms with E-state index in [9.17, 15) is 18.2 Å². The fraction of sp³-hybridized carbons (Fsp3) is 0.500. The van der Waals surface area contributed by atoms with Crippen molar-refractivity contribution in [3.8, 4) is 0 Å². The van der Waals surface area contributed by atoms with Crippen LogP contribution in [0, 0.1) is 5.82 Å². The molecule has 2 saturated heterocycles. The topological polar surface area (TPSA) is 102 Å². The summed E-state index contributed by atoms with van der Waals surface area (Å²) in [6.45, 7) is -0.0313. The molecule has 3 rings (SSSR count). The van der Waals surface area contributed by atoms with E-state index in [0.29, 0.717) is 35.6 Å². The van der Waals surface area contributed by atoms with E-state index in [1.807, 2.05) is 0 Å². The maximum Gasteiger partial charge on any atom is 0.415 e. The number of carbonyl (C=O) groups excluding carboxylic acids is 2. The molecule has 2 N–H and O–H groups in total. The van der Waals surface area contributed by atoms with Crippen molar-refractivity contribution in [2.45, 2.75) is 24.9 Å². The first-order valence-electron chi connectivity index (χ1n) is 8.00. The van der Waals surface area contributed by atoms with Crippen LogP contribution in [-0.4, -0.2) is 47.4 Å². The molecule has 0 unspecified atom stereocenters. The minimum absolute atomic E-state index is 0.0192. The number of hydrogen-bond donors (Lipinski definition) is 1. The maximum atomic E-state index is 14.6. The minimum Gasteiger partial charge on any atom is -0.434 e. The highest BCUT2D eigenvalue weighted by Crippen LogP contribution is 2.33. The van der Waals surface area contributed by atoms with Gasteiger partial charge in [0.05, 0.1) is 12.2 Å². The van der Waals surface area contributed by atoms with Gasteiger partial charge in [-0.1, -0.05) is 6.07 Å². The molecule has 2 aliphatic rings. The van der Waals surface area contributed by atoms with E-state index in [-0.39, 0.29) is 12.5 Å². The largest absolute Gasteiger partial charge is 0.434 e. The lowest BCUT2D eigenvalue weighted by Crippen LogP contribution is -2.32. The Kier molecular flexibility index (Phi) is 4.68. The summed E-state index contributed by atoms with van der Waals surface area (Å²) in [5.74, 6) is -0.253. The van der Waals surface area contributed by atoms with Gasteiger partial charge < -0.3 is 10.5 Å². The first kappa shape index (κ1) is 17.7. The van der Waals surface area contributed by atoms with Crippen molar-refractivity contribution < 1.29 is 22.9 Å². The van der Waals surface area contributed by atoms with Crippen LogP contribution >= 0.6 is 0 Å². The Labute approximate surface area is 145 Å². The number of benzene rings is 1. The molecule has 1 aromatic carbocycles. The second-order valence-corrected chi connectivity index (χ2v) is 8.96. The SMILES string of the molecule is CN=[S@]1(=O)CC[C@H](c2ccc(N3C[C@H](C(N)=O)OC3=O)cc2F)CC1. The monoisotopic (exact) mass is 369 g/mol. The van der Waals surface area contributed by atoms with E-state index < -0.39 is 33.7 Å². The van der Waals surface area contributed by atoms with Crippen LogP contribution in [0.25, 0.3) is 0 Å². The van der Waals surface area contributed by atoms with Gasteiger partial charge in [-0.2, -0.15) is 0 Å². The van der Waals surface area contributed by atoms with Crippen molar-refractivity contribution in [3.05, 3.63) is 29.6 Å². The van der Waals surface area contributed by atoms with Crippen LogP contribution in [0.2, 0.25) is 0 Å². The lowest BCUT2D eigenvalue weighted by molar-refractivity contribution is -0.124. The summed E-state index contributed by atoms with van der Waals surface area (Å²) >= 11 is 0. The number of anilines is 1. The number of cyclic esters (lactones) is 1. The fourth-order valence-electron chi connectivity index (χ4n) is 3.23. The molecule has 9 heteroatoms. The standard InChI is InChI=1S/C16H20FN3O4S/c1-19-25(23)6-4-10(5-7-25)12-3-2-11(8-13(12)17)20-9-14(15(18)21)24-16(20)22/h2-3,8,10,14H,4-7,9H2,1H3,(H2,18,21)/t10-,14-,25-/m1/s1. The Morgan fingerprint density at radius 3 is 2.60 bits per heavy atom. The number of amides is 2. The second-order valence-electron chi connectivity index (χ2n) is 6.23. The van der Waals surface area contributed by atoms with Gasteiger partial charge in [-0.05, 0) is 36.5 Å². The highest BCUT2D eigenvalue weighted by atomic mass is 32.2. The molecule has 2 heterocycles. The number of carbonyl (C=O) groups is 2. The first-order valence-corrected chi connectivity index (χ1v) is 9.86. The van der Waals surface area contributed by atoms with Crippen molar-refractivity contribution in [1.29, 1.82) is 0 Å². The van der Waals surface area contributed by atoms with Gasteiger partial charge in [0.2, 0.25) is 0 Å². The first-order chi connectivity index (χ1) is 11.8. The number of nitrogens with two attached hydrogens (primary N) is 1. The molecule has 0 bridgehead atoms. The summed E-state index contributed by atoms with van der Waals surface area (Å²) in [6.07, 6.45) is -0.526. The van der Waals surface area contributed by atoms with E-state index >= 15 is 0 Å². The molecule has 2 amide bonds. The third-order valence-electron chi connectivity index (χ3n) is 4.77. The Bertz CT molecular complexity index is 821. The normalized spacial score (nSPS) is 29.4. The Morgan fingerprint density at radius 2 is 2.08 bits per heavy atom. The van der Waals surface area contributed by atoms with Crippen LogP contribution in [0.3, 0.4) is 0 Å². The fourth-order valence-corrected chi connectivity index (χ4v) is 5.10. The van der Waals surface area contributed by atoms with Gasteiger partial charge >= 0.3 is 6.09 Å². The van der Waals surface area contributed by atoms with Gasteiger partial charge in [-0.3, -0.25) is 9.69 Å². The van der Waals surface area contributed by atoms with Crippen molar-refractivity contribution >= 4 is 27.4 Å². The minimum atomic E-state index is -2.14. The number of rotatable bonds is 3. The highest BCUT2D eigenvalue weighted by Gasteiger charge is 2.36. The Hall–Kier alpha value is -2.16. The van der Waals surface area contributed by atoms with Crippen LogP contribution in [0.15, 0.2) is 22.6 Å². The lowest BCUT2D eigenvalue weighted by Gasteiger charge is -2.25. The van der Waals surface area contributed by atoms with Crippen LogP contribution < -0.4 is 10.6 Å². The molecule has 136 valence electrons. The molecule has 7 nitrogen and oxygen atoms in total. The summed E-state index contributed by atoms with van der Waals surface area (Å²) in [6, 6.07) is 4.52. The van der Waals surface area contributed by atoms with E-state index in [1.165, 1.54) is 11.0 Å². The molecule has 2 aliphatic heterocycles. The molecular weight excluding hydrogens is 349 g/mol. The molecule has 25 heavy (non-hydrogen) atoms. The van der Waals surface area contributed by atoms with Gasteiger partial charge in [-0.15, -0.1) is 0 Å². The smallest absolute Gasteiger partial charge is 0.415 e. The number of ether oxygens (including phenoxy) is 1. The molecule has 2 fully saturated rings. The zero-order valence-electron chi connectivity index (χ0n) is 13.8. The molecule has 0 radical (unpaired) electrons. The van der Waals surface area contributed by atoms with E-state index in [0.717, 1.165) is 0 Å². The summed E-state index contributed by atoms with van der Waals surface area (Å²) in [4.78, 5) is 24.2. The average Bonchev–Trinajstić information content (AvgIpc) is 2.98. The quantitative estimate of drug-likeness (QED) is 0.874. The number of nitrogens with zero attached hydrogens (tertiary/aromatic N) is 2. The third-order valence-corrected chi connectivity index (χ3v) is 7.18. The predicted octanol–water partition coefficient (Wildman–Crippen LogP) is 1.61. The number of hydrogen-bond acceptors (Lipinski definition) is 5. The maximum absolute atomic E-state index is 14.6. The predicted molar refractivity (Wildman–Crippen MR) is 91.4 cm³/mol. The number of halogens is 1. The van der Waals surface area contributed by atoms with Crippen LogP contribution in [0.4, 0.5) is 14.9 Å². The summed E-state index contributed by atoms with van der Waals surface area (Å²) in [7, 11) is -0.573. The van der Waals surface area contributed by atoms with Crippen molar-refractivity contribution in [2.24, 2.45) is 10.1 Å². The van der Waals surface area contributed by atoms with Crippen LogP contribution in [0.5, 0.6) is 0 Å². The zero-order valence-corrected chi connectivity index (χ0v) is 14.6. The van der Waals surface area contributed by atoms with Gasteiger partial charge in [-0.25, -0.2) is 17.8 Å². The van der Waals surface area contributed by atoms with Gasteiger partial charge in [0.25, 0.3) is 5.91 Å². The van der Waals surface area contributed by atoms with Gasteiger partial charge in [0, 0.05) is 28.3 Å². The van der Waals surface area contributed by atoms with E-state index in [4.69, 9.17) is 10.5 Å². The molecule has 0 saturated carbocycles. The third kappa shape index (κ3) is 3.46. The Balaban J connectivity index is 1.77. The van der Waals surface area contributed by atoms with Crippen LogP contribution in [-0.2, 0) is 19.3 Å². The highest BCUT2D eigenvalue weighted by molar-refractivity contribution is 7.93. The van der Waals surface area contributed by atoms with Crippen LogP contribution in [0.1, 0.15) is 24.3 Å². The van der Waals surface area contributed by atoms with Crippen molar-refractivity contribution in [1.82, 2.24) is 0 Å². The molecular formula is C16H20FN3O4S. The average molecular weight is 369 g/mol. The van der Waals surface area contributed by atoms with Gasteiger partial charge in [0.1, 0.15) is 5.82 Å². The molecule has 0 spiro atoms. The lowest BCUT2D eigenvalue weighted by atomic mass is 9.93. The van der Waals surface area contributed by atoms with E-state index in [1.54, 1.807) is 19.2 Å². The summed E-state index contributed by atoms with van der Waals surface area (Å²) < 4.78 is 35.6. The second kappa shape index (κ2) is 6.62.